The van der Waals surface area contributed by atoms with Crippen LogP contribution in [0.1, 0.15) is 63.7 Å². The summed E-state index contributed by atoms with van der Waals surface area (Å²) >= 11 is 0. The molecule has 0 amide bonds. The van der Waals surface area contributed by atoms with Crippen molar-refractivity contribution in [1.29, 1.82) is 0 Å². The van der Waals surface area contributed by atoms with E-state index in [4.69, 9.17) is 0 Å². The number of pyridine rings is 1. The van der Waals surface area contributed by atoms with E-state index in [1.807, 2.05) is 12.1 Å². The van der Waals surface area contributed by atoms with Gasteiger partial charge in [-0.05, 0) is 37.8 Å². The van der Waals surface area contributed by atoms with Gasteiger partial charge in [0.25, 0.3) is 0 Å². The van der Waals surface area contributed by atoms with Crippen LogP contribution in [0.25, 0.3) is 0 Å². The van der Waals surface area contributed by atoms with Gasteiger partial charge in [0, 0.05) is 24.8 Å². The summed E-state index contributed by atoms with van der Waals surface area (Å²) in [7, 11) is 0. The van der Waals surface area contributed by atoms with E-state index in [1.54, 1.807) is 13.1 Å². The summed E-state index contributed by atoms with van der Waals surface area (Å²) in [5.74, 6) is 1.81. The summed E-state index contributed by atoms with van der Waals surface area (Å²) in [5, 5.41) is 0. The molecule has 0 bridgehead atoms. The molecule has 0 aliphatic rings. The van der Waals surface area contributed by atoms with E-state index < -0.39 is 0 Å². The summed E-state index contributed by atoms with van der Waals surface area (Å²) in [5.41, 5.74) is 0.686. The van der Waals surface area contributed by atoms with Gasteiger partial charge in [0.05, 0.1) is 0 Å². The topological polar surface area (TPSA) is 33.2 Å². The zero-order chi connectivity index (χ0) is 15.0. The summed E-state index contributed by atoms with van der Waals surface area (Å²) < 4.78 is 0. The van der Waals surface area contributed by atoms with E-state index >= 15 is 0 Å². The zero-order valence-electron chi connectivity index (χ0n) is 13.4. The number of Topliss-reactive ketones (excluding diaryl/α,β-unsaturated/α-hetero) is 1. The summed E-state index contributed by atoms with van der Waals surface area (Å²) in [4.78, 5) is 18.1. The maximum atomic E-state index is 11.3. The average molecular weight is 276 g/mol. The first kappa shape index (κ1) is 16.7. The maximum absolute atomic E-state index is 11.3. The van der Waals surface area contributed by atoms with Crippen molar-refractivity contribution < 1.29 is 4.79 Å². The van der Waals surface area contributed by atoms with Crippen LogP contribution in [0.5, 0.6) is 0 Å². The van der Waals surface area contributed by atoms with E-state index in [-0.39, 0.29) is 5.78 Å². The van der Waals surface area contributed by atoms with Gasteiger partial charge < -0.3 is 4.90 Å². The molecule has 1 aromatic rings. The largest absolute Gasteiger partial charge is 0.357 e. The number of carbonyl (C=O) groups is 1. The molecule has 0 saturated heterocycles. The number of ketones is 1. The minimum absolute atomic E-state index is 0.0729. The van der Waals surface area contributed by atoms with Crippen LogP contribution in [0.3, 0.4) is 0 Å². The van der Waals surface area contributed by atoms with Crippen molar-refractivity contribution in [1.82, 2.24) is 4.98 Å². The predicted octanol–water partition coefficient (Wildman–Crippen LogP) is 4.33. The Morgan fingerprint density at radius 1 is 1.30 bits per heavy atom. The minimum Gasteiger partial charge on any atom is -0.357 e. The molecule has 1 unspecified atom stereocenters. The van der Waals surface area contributed by atoms with Crippen LogP contribution in [0.2, 0.25) is 0 Å². The first-order valence-corrected chi connectivity index (χ1v) is 7.80. The second kappa shape index (κ2) is 8.72. The van der Waals surface area contributed by atoms with Gasteiger partial charge in [-0.3, -0.25) is 4.79 Å². The lowest BCUT2D eigenvalue weighted by Crippen LogP contribution is -2.27. The van der Waals surface area contributed by atoms with Gasteiger partial charge in [-0.25, -0.2) is 4.98 Å². The first-order chi connectivity index (χ1) is 9.58. The Bertz CT molecular complexity index is 400. The Hall–Kier alpha value is -1.38. The highest BCUT2D eigenvalue weighted by molar-refractivity contribution is 5.93. The molecular weight excluding hydrogens is 248 g/mol. The smallest absolute Gasteiger partial charge is 0.161 e. The normalized spacial score (nSPS) is 12.2. The number of aromatic nitrogens is 1. The van der Waals surface area contributed by atoms with Crippen molar-refractivity contribution in [3.8, 4) is 0 Å². The molecule has 112 valence electrons. The van der Waals surface area contributed by atoms with Gasteiger partial charge in [0.1, 0.15) is 5.82 Å². The van der Waals surface area contributed by atoms with Crippen LogP contribution in [-0.2, 0) is 0 Å². The molecule has 0 N–H and O–H groups in total. The van der Waals surface area contributed by atoms with Gasteiger partial charge in [-0.2, -0.15) is 0 Å². The van der Waals surface area contributed by atoms with Crippen molar-refractivity contribution in [2.24, 2.45) is 5.92 Å². The Kier molecular flexibility index (Phi) is 7.27. The monoisotopic (exact) mass is 276 g/mol. The van der Waals surface area contributed by atoms with E-state index in [2.05, 4.69) is 30.7 Å². The predicted molar refractivity (Wildman–Crippen MR) is 85.4 cm³/mol. The molecule has 0 spiro atoms. The van der Waals surface area contributed by atoms with Gasteiger partial charge >= 0.3 is 0 Å². The highest BCUT2D eigenvalue weighted by atomic mass is 16.1. The van der Waals surface area contributed by atoms with Gasteiger partial charge in [-0.1, -0.05) is 33.6 Å². The standard InChI is InChI=1S/C17H28N2O/c1-5-7-11-19(12-10-14(3)6-2)17-9-8-16(13-18-17)15(4)20/h8-9,13-14H,5-7,10-12H2,1-4H3. The zero-order valence-corrected chi connectivity index (χ0v) is 13.4. The Morgan fingerprint density at radius 2 is 2.05 bits per heavy atom. The fourth-order valence-corrected chi connectivity index (χ4v) is 2.05. The lowest BCUT2D eigenvalue weighted by Gasteiger charge is -2.25. The number of rotatable bonds is 9. The average Bonchev–Trinajstić information content (AvgIpc) is 2.47. The lowest BCUT2D eigenvalue weighted by atomic mass is 10.0. The number of hydrogen-bond acceptors (Lipinski definition) is 3. The van der Waals surface area contributed by atoms with Crippen LogP contribution in [-0.4, -0.2) is 23.9 Å². The van der Waals surface area contributed by atoms with Gasteiger partial charge in [0.2, 0.25) is 0 Å². The number of unbranched alkanes of at least 4 members (excludes halogenated alkanes) is 1. The molecule has 3 nitrogen and oxygen atoms in total. The molecule has 1 heterocycles. The number of carbonyl (C=O) groups excluding carboxylic acids is 1. The fourth-order valence-electron chi connectivity index (χ4n) is 2.05. The Morgan fingerprint density at radius 3 is 2.55 bits per heavy atom. The highest BCUT2D eigenvalue weighted by Crippen LogP contribution is 2.16. The Labute approximate surface area is 123 Å². The molecule has 1 aromatic heterocycles. The summed E-state index contributed by atoms with van der Waals surface area (Å²) in [6.45, 7) is 10.4. The van der Waals surface area contributed by atoms with Gasteiger partial charge in [-0.15, -0.1) is 0 Å². The van der Waals surface area contributed by atoms with Crippen LogP contribution < -0.4 is 4.90 Å². The molecule has 0 aliphatic heterocycles. The van der Waals surface area contributed by atoms with Crippen LogP contribution >= 0.6 is 0 Å². The second-order valence-corrected chi connectivity index (χ2v) is 5.60. The highest BCUT2D eigenvalue weighted by Gasteiger charge is 2.10. The quantitative estimate of drug-likeness (QED) is 0.629. The summed E-state index contributed by atoms with van der Waals surface area (Å²) in [6.07, 6.45) is 6.47. The lowest BCUT2D eigenvalue weighted by molar-refractivity contribution is 0.101. The molecule has 3 heteroatoms. The Balaban J connectivity index is 2.72. The molecule has 0 aliphatic carbocycles. The SMILES string of the molecule is CCCCN(CCC(C)CC)c1ccc(C(C)=O)cn1. The third-order valence-electron chi connectivity index (χ3n) is 3.85. The van der Waals surface area contributed by atoms with E-state index in [9.17, 15) is 4.79 Å². The van der Waals surface area contributed by atoms with Crippen LogP contribution in [0.4, 0.5) is 5.82 Å². The number of nitrogens with zero attached hydrogens (tertiary/aromatic N) is 2. The molecule has 0 aromatic carbocycles. The van der Waals surface area contributed by atoms with E-state index in [1.165, 1.54) is 25.7 Å². The molecule has 0 fully saturated rings. The summed E-state index contributed by atoms with van der Waals surface area (Å²) in [6, 6.07) is 3.86. The van der Waals surface area contributed by atoms with Gasteiger partial charge in [0.15, 0.2) is 5.78 Å². The molecule has 0 saturated carbocycles. The van der Waals surface area contributed by atoms with Crippen molar-refractivity contribution in [2.45, 2.75) is 53.4 Å². The van der Waals surface area contributed by atoms with Crippen molar-refractivity contribution in [3.63, 3.8) is 0 Å². The number of anilines is 1. The van der Waals surface area contributed by atoms with Crippen LogP contribution in [0.15, 0.2) is 18.3 Å². The molecule has 0 radical (unpaired) electrons. The van der Waals surface area contributed by atoms with E-state index in [0.29, 0.717) is 5.56 Å². The van der Waals surface area contributed by atoms with Crippen LogP contribution in [0, 0.1) is 5.92 Å². The first-order valence-electron chi connectivity index (χ1n) is 7.80. The molecule has 1 rings (SSSR count). The van der Waals surface area contributed by atoms with Crippen molar-refractivity contribution >= 4 is 11.6 Å². The minimum atomic E-state index is 0.0729. The third-order valence-corrected chi connectivity index (χ3v) is 3.85. The van der Waals surface area contributed by atoms with Crippen molar-refractivity contribution in [3.05, 3.63) is 23.9 Å². The number of hydrogen-bond donors (Lipinski definition) is 0. The molecule has 20 heavy (non-hydrogen) atoms. The molecule has 1 atom stereocenters. The van der Waals surface area contributed by atoms with Crippen molar-refractivity contribution in [2.75, 3.05) is 18.0 Å². The maximum Gasteiger partial charge on any atom is 0.161 e. The fraction of sp³-hybridized carbons (Fsp3) is 0.647. The third kappa shape index (κ3) is 5.32. The molecular formula is C17H28N2O. The second-order valence-electron chi connectivity index (χ2n) is 5.60. The van der Waals surface area contributed by atoms with E-state index in [0.717, 1.165) is 24.8 Å².